The lowest BCUT2D eigenvalue weighted by atomic mass is 9.67. The van der Waals surface area contributed by atoms with Crippen LogP contribution in [-0.2, 0) is 36.5 Å². The van der Waals surface area contributed by atoms with Crippen LogP contribution in [0.15, 0.2) is 103 Å². The second kappa shape index (κ2) is 21.6. The third-order valence-corrected chi connectivity index (χ3v) is 18.0. The molecule has 0 heterocycles. The summed E-state index contributed by atoms with van der Waals surface area (Å²) in [4.78, 5) is 0. The standard InChI is InChI=1S/C67H86/c1-7-11-13-17-27-50-41-51(28-18-14-12-8-2)45-57(44-50)67(64-39-48(5)53(9-3)46-60(64)61-47-54(10-4)49(6)40-65(61)67)38-26-16-25-37-66(36-24-15-19-29-55-42-52-34-35-56(55)43-52)62-32-22-20-30-58(62)59-31-21-23-33-63(59)66/h20-23,30-35,39-41,44-47,52,55-56H,7-19,24-29,36-38,42-43H2,1-6H3. The highest BCUT2D eigenvalue weighted by Crippen LogP contribution is 2.58. The van der Waals surface area contributed by atoms with E-state index in [9.17, 15) is 0 Å². The second-order valence-corrected chi connectivity index (χ2v) is 22.3. The monoisotopic (exact) mass is 891 g/mol. The number of benzene rings is 5. The molecule has 5 aromatic carbocycles. The van der Waals surface area contributed by atoms with Gasteiger partial charge in [0.25, 0.3) is 0 Å². The molecule has 0 heteroatoms. The Morgan fingerprint density at radius 1 is 0.463 bits per heavy atom. The Morgan fingerprint density at radius 2 is 0.985 bits per heavy atom. The largest absolute Gasteiger partial charge is 0.0851 e. The zero-order valence-corrected chi connectivity index (χ0v) is 43.0. The number of hydrogen-bond donors (Lipinski definition) is 0. The molecule has 67 heavy (non-hydrogen) atoms. The van der Waals surface area contributed by atoms with Gasteiger partial charge < -0.3 is 0 Å². The summed E-state index contributed by atoms with van der Waals surface area (Å²) in [5.74, 6) is 2.71. The number of allylic oxidation sites excluding steroid dienone is 2. The average Bonchev–Trinajstić information content (AvgIpc) is 4.11. The van der Waals surface area contributed by atoms with E-state index >= 15 is 0 Å². The van der Waals surface area contributed by atoms with Crippen LogP contribution in [-0.4, -0.2) is 0 Å². The van der Waals surface area contributed by atoms with Crippen molar-refractivity contribution >= 4 is 0 Å². The topological polar surface area (TPSA) is 0 Å². The first kappa shape index (κ1) is 47.9. The quantitative estimate of drug-likeness (QED) is 0.0405. The van der Waals surface area contributed by atoms with Gasteiger partial charge in [-0.2, -0.15) is 0 Å². The SMILES string of the molecule is CCCCCCc1cc(CCCCCC)cc(C2(CCCCCC3(CCCCCC4CC5C=CC4C5)c4ccccc4-c4ccccc43)c3cc(C)c(CC)cc3-c3cc(CC)c(C)cc32)c1. The van der Waals surface area contributed by atoms with Gasteiger partial charge in [0.05, 0.1) is 0 Å². The van der Waals surface area contributed by atoms with Crippen LogP contribution in [0, 0.1) is 31.6 Å². The van der Waals surface area contributed by atoms with E-state index in [1.165, 1.54) is 179 Å². The van der Waals surface area contributed by atoms with Crippen molar-refractivity contribution in [2.75, 3.05) is 0 Å². The van der Waals surface area contributed by atoms with E-state index < -0.39 is 0 Å². The summed E-state index contributed by atoms with van der Waals surface area (Å²) in [6, 6.07) is 37.7. The van der Waals surface area contributed by atoms with E-state index in [1.54, 1.807) is 38.9 Å². The van der Waals surface area contributed by atoms with Crippen molar-refractivity contribution in [1.29, 1.82) is 0 Å². The Balaban J connectivity index is 1.04. The zero-order valence-electron chi connectivity index (χ0n) is 43.0. The van der Waals surface area contributed by atoms with Crippen molar-refractivity contribution in [3.63, 3.8) is 0 Å². The van der Waals surface area contributed by atoms with Crippen molar-refractivity contribution in [1.82, 2.24) is 0 Å². The van der Waals surface area contributed by atoms with Crippen molar-refractivity contribution in [3.05, 3.63) is 164 Å². The lowest BCUT2D eigenvalue weighted by Crippen LogP contribution is -2.28. The van der Waals surface area contributed by atoms with Crippen molar-refractivity contribution in [2.45, 2.75) is 206 Å². The van der Waals surface area contributed by atoms with Gasteiger partial charge in [-0.3, -0.25) is 0 Å². The summed E-state index contributed by atoms with van der Waals surface area (Å²) >= 11 is 0. The minimum atomic E-state index is -0.158. The third kappa shape index (κ3) is 9.60. The number of unbranched alkanes of at least 4 members (excludes halogenated alkanes) is 10. The summed E-state index contributed by atoms with van der Waals surface area (Å²) in [5.41, 5.74) is 23.0. The Kier molecular flexibility index (Phi) is 15.5. The molecule has 1 saturated carbocycles. The van der Waals surface area contributed by atoms with Gasteiger partial charge in [0.2, 0.25) is 0 Å². The molecule has 0 nitrogen and oxygen atoms in total. The van der Waals surface area contributed by atoms with E-state index in [2.05, 4.69) is 145 Å². The maximum atomic E-state index is 2.71. The summed E-state index contributed by atoms with van der Waals surface area (Å²) in [6.45, 7) is 14.2. The molecule has 4 aliphatic rings. The molecule has 0 amide bonds. The molecular formula is C67H86. The fourth-order valence-corrected chi connectivity index (χ4v) is 14.4. The average molecular weight is 891 g/mol. The van der Waals surface area contributed by atoms with Gasteiger partial charge in [-0.1, -0.05) is 208 Å². The minimum absolute atomic E-state index is 0.104. The van der Waals surface area contributed by atoms with Crippen LogP contribution in [0.1, 0.15) is 217 Å². The molecule has 0 aromatic heterocycles. The van der Waals surface area contributed by atoms with Gasteiger partial charge >= 0.3 is 0 Å². The van der Waals surface area contributed by atoms with Crippen LogP contribution in [0.25, 0.3) is 22.3 Å². The van der Waals surface area contributed by atoms with Crippen LogP contribution in [0.4, 0.5) is 0 Å². The molecule has 0 aliphatic heterocycles. The molecule has 0 N–H and O–H groups in total. The molecule has 3 atom stereocenters. The van der Waals surface area contributed by atoms with Crippen molar-refractivity contribution < 1.29 is 0 Å². The lowest BCUT2D eigenvalue weighted by molar-refractivity contribution is 0.370. The van der Waals surface area contributed by atoms with Gasteiger partial charge in [0.15, 0.2) is 0 Å². The molecule has 2 bridgehead atoms. The van der Waals surface area contributed by atoms with Gasteiger partial charge in [-0.25, -0.2) is 0 Å². The fourth-order valence-electron chi connectivity index (χ4n) is 14.4. The van der Waals surface area contributed by atoms with E-state index in [4.69, 9.17) is 0 Å². The molecule has 1 fully saturated rings. The molecule has 4 aliphatic carbocycles. The van der Waals surface area contributed by atoms with E-state index in [0.717, 1.165) is 37.0 Å². The first-order valence-electron chi connectivity index (χ1n) is 28.1. The van der Waals surface area contributed by atoms with Gasteiger partial charge in [-0.05, 0) is 192 Å². The Hall–Kier alpha value is -4.16. The molecule has 5 aromatic rings. The highest BCUT2D eigenvalue weighted by atomic mass is 14.5. The van der Waals surface area contributed by atoms with Crippen molar-refractivity contribution in [2.24, 2.45) is 17.8 Å². The Morgan fingerprint density at radius 3 is 1.49 bits per heavy atom. The minimum Gasteiger partial charge on any atom is -0.0851 e. The molecule has 9 rings (SSSR count). The molecule has 0 saturated heterocycles. The number of fused-ring (bicyclic) bond motifs is 8. The number of hydrogen-bond acceptors (Lipinski definition) is 0. The number of rotatable bonds is 25. The maximum absolute atomic E-state index is 2.71. The van der Waals surface area contributed by atoms with E-state index in [-0.39, 0.29) is 10.8 Å². The first-order valence-corrected chi connectivity index (χ1v) is 28.1. The predicted octanol–water partition coefficient (Wildman–Crippen LogP) is 19.1. The molecule has 0 radical (unpaired) electrons. The first-order chi connectivity index (χ1) is 32.8. The normalized spacial score (nSPS) is 18.9. The lowest BCUT2D eigenvalue weighted by Gasteiger charge is -2.35. The summed E-state index contributed by atoms with van der Waals surface area (Å²) in [7, 11) is 0. The van der Waals surface area contributed by atoms with E-state index in [0.29, 0.717) is 0 Å². The zero-order chi connectivity index (χ0) is 46.4. The summed E-state index contributed by atoms with van der Waals surface area (Å²) < 4.78 is 0. The van der Waals surface area contributed by atoms with Crippen LogP contribution in [0.5, 0.6) is 0 Å². The van der Waals surface area contributed by atoms with Crippen LogP contribution < -0.4 is 0 Å². The molecule has 3 unspecified atom stereocenters. The van der Waals surface area contributed by atoms with E-state index in [1.807, 2.05) is 0 Å². The third-order valence-electron chi connectivity index (χ3n) is 18.0. The molecule has 0 spiro atoms. The second-order valence-electron chi connectivity index (χ2n) is 22.3. The highest BCUT2D eigenvalue weighted by molar-refractivity contribution is 5.85. The van der Waals surface area contributed by atoms with Crippen molar-refractivity contribution in [3.8, 4) is 22.3 Å². The molecule has 354 valence electrons. The Labute approximate surface area is 408 Å². The van der Waals surface area contributed by atoms with Crippen LogP contribution in [0.3, 0.4) is 0 Å². The highest BCUT2D eigenvalue weighted by Gasteiger charge is 2.46. The van der Waals surface area contributed by atoms with Gasteiger partial charge in [0, 0.05) is 10.8 Å². The summed E-state index contributed by atoms with van der Waals surface area (Å²) in [5, 5.41) is 0. The Bertz CT molecular complexity index is 2350. The predicted molar refractivity (Wildman–Crippen MR) is 290 cm³/mol. The van der Waals surface area contributed by atoms with Gasteiger partial charge in [-0.15, -0.1) is 0 Å². The number of aryl methyl sites for hydroxylation is 6. The smallest absolute Gasteiger partial charge is 0.0464 e. The maximum Gasteiger partial charge on any atom is 0.0464 e. The molecular weight excluding hydrogens is 805 g/mol. The fraction of sp³-hybridized carbons (Fsp3) is 0.522. The van der Waals surface area contributed by atoms with Crippen LogP contribution >= 0.6 is 0 Å². The van der Waals surface area contributed by atoms with Gasteiger partial charge in [0.1, 0.15) is 0 Å². The van der Waals surface area contributed by atoms with Crippen LogP contribution in [0.2, 0.25) is 0 Å². The summed E-state index contributed by atoms with van der Waals surface area (Å²) in [6.07, 6.45) is 35.9.